The van der Waals surface area contributed by atoms with Crippen molar-refractivity contribution in [3.63, 3.8) is 0 Å². The summed E-state index contributed by atoms with van der Waals surface area (Å²) in [6.07, 6.45) is 7.75. The Morgan fingerprint density at radius 3 is 2.44 bits per heavy atom. The third-order valence-electron chi connectivity index (χ3n) is 10.8. The number of nitrogen functional groups attached to an aromatic ring is 1. The van der Waals surface area contributed by atoms with E-state index in [-0.39, 0.29) is 41.5 Å². The quantitative estimate of drug-likeness (QED) is 0.176. The number of fused-ring (bicyclic) bond motifs is 1. The number of aliphatic hydroxyl groups excluding tert-OH is 1. The Morgan fingerprint density at radius 1 is 0.960 bits per heavy atom. The Morgan fingerprint density at radius 2 is 1.70 bits per heavy atom. The van der Waals surface area contributed by atoms with Gasteiger partial charge in [0.1, 0.15) is 5.82 Å². The minimum absolute atomic E-state index is 0.0692. The Hall–Kier alpha value is -4.38. The number of pyridine rings is 2. The van der Waals surface area contributed by atoms with Gasteiger partial charge < -0.3 is 30.7 Å². The predicted molar refractivity (Wildman–Crippen MR) is 194 cm³/mol. The molecule has 4 N–H and O–H groups in total. The highest BCUT2D eigenvalue weighted by molar-refractivity contribution is 5.99. The molecule has 1 amide bonds. The first-order valence-corrected chi connectivity index (χ1v) is 17.8. The molecule has 9 nitrogen and oxygen atoms in total. The fourth-order valence-corrected chi connectivity index (χ4v) is 7.92. The summed E-state index contributed by atoms with van der Waals surface area (Å²) in [6, 6.07) is 20.5. The minimum atomic E-state index is -0.573. The standard InChI is InChI=1S/C40H47FN6O3/c1-40(2)25-47(31-14-16-46(17-15-31)18-19-48)35-12-10-28(21-33(35)40)27-8-6-26(7-9-27)24-50-36-5-3-4-34(36)45-39(49)32-20-30(23-44-38(32)42)29-11-13-37(41)43-22-29/h6-13,20-23,31,34,36,48H,3-5,14-19,24-25H2,1-2H3,(H2,42,44)(H,45,49)/t34-,36-/m0/s1. The molecule has 1 saturated carbocycles. The van der Waals surface area contributed by atoms with E-state index in [1.54, 1.807) is 18.3 Å². The Labute approximate surface area is 293 Å². The second kappa shape index (κ2) is 14.5. The lowest BCUT2D eigenvalue weighted by atomic mass is 9.85. The number of nitrogens with one attached hydrogen (secondary N) is 1. The zero-order valence-corrected chi connectivity index (χ0v) is 28.9. The van der Waals surface area contributed by atoms with Crippen LogP contribution in [0.5, 0.6) is 0 Å². The Balaban J connectivity index is 0.967. The molecule has 0 bridgehead atoms. The molecule has 10 heteroatoms. The van der Waals surface area contributed by atoms with E-state index in [1.807, 2.05) is 0 Å². The molecule has 50 heavy (non-hydrogen) atoms. The molecule has 262 valence electrons. The minimum Gasteiger partial charge on any atom is -0.395 e. The second-order valence-corrected chi connectivity index (χ2v) is 14.6. The van der Waals surface area contributed by atoms with E-state index in [1.165, 1.54) is 34.6 Å². The van der Waals surface area contributed by atoms with Crippen molar-refractivity contribution in [2.75, 3.05) is 43.4 Å². The largest absolute Gasteiger partial charge is 0.395 e. The fourth-order valence-electron chi connectivity index (χ4n) is 7.92. The van der Waals surface area contributed by atoms with E-state index in [4.69, 9.17) is 10.5 Å². The lowest BCUT2D eigenvalue weighted by molar-refractivity contribution is 0.0272. The van der Waals surface area contributed by atoms with Crippen LogP contribution < -0.4 is 16.0 Å². The summed E-state index contributed by atoms with van der Waals surface area (Å²) in [7, 11) is 0. The van der Waals surface area contributed by atoms with Crippen molar-refractivity contribution in [3.05, 3.63) is 95.7 Å². The monoisotopic (exact) mass is 678 g/mol. The third kappa shape index (κ3) is 7.24. The first kappa shape index (κ1) is 34.1. The Bertz CT molecular complexity index is 1810. The van der Waals surface area contributed by atoms with Crippen LogP contribution in [0.15, 0.2) is 73.1 Å². The van der Waals surface area contributed by atoms with Crippen molar-refractivity contribution < 1.29 is 19.0 Å². The maximum absolute atomic E-state index is 13.3. The molecule has 0 radical (unpaired) electrons. The van der Waals surface area contributed by atoms with Gasteiger partial charge in [0.15, 0.2) is 0 Å². The van der Waals surface area contributed by atoms with Gasteiger partial charge >= 0.3 is 0 Å². The van der Waals surface area contributed by atoms with Gasteiger partial charge in [-0.2, -0.15) is 4.39 Å². The normalized spacial score (nSPS) is 20.6. The summed E-state index contributed by atoms with van der Waals surface area (Å²) in [5.74, 6) is -0.741. The van der Waals surface area contributed by atoms with Gasteiger partial charge in [0.2, 0.25) is 5.95 Å². The van der Waals surface area contributed by atoms with Crippen molar-refractivity contribution >= 4 is 17.4 Å². The number of amides is 1. The molecular formula is C40H47FN6O3. The number of likely N-dealkylation sites (tertiary alicyclic amines) is 1. The van der Waals surface area contributed by atoms with Crippen molar-refractivity contribution in [2.45, 2.75) is 76.2 Å². The molecule has 2 atom stereocenters. The van der Waals surface area contributed by atoms with Crippen LogP contribution in [0.2, 0.25) is 0 Å². The number of piperidine rings is 1. The van der Waals surface area contributed by atoms with Crippen LogP contribution in [0.3, 0.4) is 0 Å². The molecule has 4 aromatic rings. The average molecular weight is 679 g/mol. The molecule has 3 aliphatic rings. The van der Waals surface area contributed by atoms with Gasteiger partial charge in [0.05, 0.1) is 30.9 Å². The number of aromatic nitrogens is 2. The average Bonchev–Trinajstić information content (AvgIpc) is 3.68. The number of anilines is 2. The summed E-state index contributed by atoms with van der Waals surface area (Å²) >= 11 is 0. The van der Waals surface area contributed by atoms with E-state index in [0.29, 0.717) is 23.8 Å². The molecule has 1 saturated heterocycles. The van der Waals surface area contributed by atoms with Gasteiger partial charge in [-0.05, 0) is 84.7 Å². The van der Waals surface area contributed by atoms with Crippen LogP contribution in [-0.2, 0) is 16.8 Å². The number of β-amino-alcohol motifs (C(OH)–C–C–N with tert-alkyl or cyclic N) is 1. The molecule has 2 fully saturated rings. The number of hydrogen-bond donors (Lipinski definition) is 3. The topological polar surface area (TPSA) is 117 Å². The van der Waals surface area contributed by atoms with E-state index in [9.17, 15) is 14.3 Å². The molecule has 0 unspecified atom stereocenters. The lowest BCUT2D eigenvalue weighted by Gasteiger charge is -2.38. The molecule has 7 rings (SSSR count). The van der Waals surface area contributed by atoms with Gasteiger partial charge in [0, 0.05) is 66.8 Å². The predicted octanol–water partition coefficient (Wildman–Crippen LogP) is 5.95. The van der Waals surface area contributed by atoms with Crippen molar-refractivity contribution in [1.82, 2.24) is 20.2 Å². The maximum Gasteiger partial charge on any atom is 0.255 e. The molecular weight excluding hydrogens is 631 g/mol. The lowest BCUT2D eigenvalue weighted by Crippen LogP contribution is -2.46. The van der Waals surface area contributed by atoms with Crippen molar-refractivity contribution in [1.29, 1.82) is 0 Å². The number of carbonyl (C=O) groups excluding carboxylic acids is 1. The number of aliphatic hydroxyl groups is 1. The van der Waals surface area contributed by atoms with Crippen molar-refractivity contribution in [2.24, 2.45) is 0 Å². The molecule has 2 aromatic heterocycles. The second-order valence-electron chi connectivity index (χ2n) is 14.6. The SMILES string of the molecule is CC1(C)CN(C2CCN(CCO)CC2)c2ccc(-c3ccc(CO[C@H]4CCC[C@@H]4NC(=O)c4cc(-c5ccc(F)nc5)cnc4N)cc3)cc21. The first-order chi connectivity index (χ1) is 24.2. The summed E-state index contributed by atoms with van der Waals surface area (Å²) in [5, 5.41) is 12.5. The van der Waals surface area contributed by atoms with Crippen LogP contribution in [0.25, 0.3) is 22.3 Å². The maximum atomic E-state index is 13.3. The molecule has 2 aromatic carbocycles. The summed E-state index contributed by atoms with van der Waals surface area (Å²) < 4.78 is 19.7. The molecule has 4 heterocycles. The number of nitrogens with two attached hydrogens (primary N) is 1. The number of hydrogen-bond acceptors (Lipinski definition) is 8. The molecule has 1 aliphatic carbocycles. The highest BCUT2D eigenvalue weighted by Gasteiger charge is 2.39. The molecule has 2 aliphatic heterocycles. The zero-order chi connectivity index (χ0) is 34.8. The van der Waals surface area contributed by atoms with E-state index in [0.717, 1.165) is 63.8 Å². The van der Waals surface area contributed by atoms with Gasteiger partial charge in [-0.1, -0.05) is 44.2 Å². The number of carbonyl (C=O) groups is 1. The number of halogens is 1. The van der Waals surface area contributed by atoms with Gasteiger partial charge in [-0.3, -0.25) is 4.79 Å². The first-order valence-electron chi connectivity index (χ1n) is 17.8. The zero-order valence-electron chi connectivity index (χ0n) is 28.9. The van der Waals surface area contributed by atoms with Crippen LogP contribution >= 0.6 is 0 Å². The summed E-state index contributed by atoms with van der Waals surface area (Å²) in [6.45, 7) is 9.27. The Kier molecular flexibility index (Phi) is 9.86. The van der Waals surface area contributed by atoms with Crippen LogP contribution in [-0.4, -0.2) is 76.9 Å². The third-order valence-corrected chi connectivity index (χ3v) is 10.8. The van der Waals surface area contributed by atoms with E-state index >= 15 is 0 Å². The smallest absolute Gasteiger partial charge is 0.255 e. The number of nitrogens with zero attached hydrogens (tertiary/aromatic N) is 4. The van der Waals surface area contributed by atoms with Gasteiger partial charge in [0.25, 0.3) is 5.91 Å². The summed E-state index contributed by atoms with van der Waals surface area (Å²) in [4.78, 5) is 26.2. The number of ether oxygens (including phenoxy) is 1. The highest BCUT2D eigenvalue weighted by Crippen LogP contribution is 2.44. The van der Waals surface area contributed by atoms with Crippen LogP contribution in [0.1, 0.15) is 67.4 Å². The van der Waals surface area contributed by atoms with Crippen molar-refractivity contribution in [3.8, 4) is 22.3 Å². The fraction of sp³-hybridized carbons (Fsp3) is 0.425. The van der Waals surface area contributed by atoms with E-state index in [2.05, 4.69) is 81.4 Å². The van der Waals surface area contributed by atoms with Gasteiger partial charge in [-0.15, -0.1) is 0 Å². The molecule has 0 spiro atoms. The number of rotatable bonds is 10. The number of benzene rings is 2. The van der Waals surface area contributed by atoms with Gasteiger partial charge in [-0.25, -0.2) is 9.97 Å². The highest BCUT2D eigenvalue weighted by atomic mass is 19.1. The van der Waals surface area contributed by atoms with E-state index < -0.39 is 5.95 Å². The summed E-state index contributed by atoms with van der Waals surface area (Å²) in [5.41, 5.74) is 14.0. The van der Waals surface area contributed by atoms with Crippen LogP contribution in [0, 0.1) is 5.95 Å². The van der Waals surface area contributed by atoms with Crippen LogP contribution in [0.4, 0.5) is 15.9 Å².